The van der Waals surface area contributed by atoms with Crippen LogP contribution in [0.4, 0.5) is 0 Å². The summed E-state index contributed by atoms with van der Waals surface area (Å²) < 4.78 is 5.34. The minimum atomic E-state index is -0.559. The molecule has 1 aliphatic rings. The maximum Gasteiger partial charge on any atom is 0.157 e. The molecule has 0 aromatic rings. The molecule has 0 radical (unpaired) electrons. The van der Waals surface area contributed by atoms with Crippen molar-refractivity contribution in [2.45, 2.75) is 40.1 Å². The lowest BCUT2D eigenvalue weighted by Gasteiger charge is -2.40. The van der Waals surface area contributed by atoms with Gasteiger partial charge in [0.15, 0.2) is 6.29 Å². The topological polar surface area (TPSA) is 29.5 Å². The second-order valence-electron chi connectivity index (χ2n) is 3.81. The van der Waals surface area contributed by atoms with E-state index < -0.39 is 6.29 Å². The second kappa shape index (κ2) is 3.11. The van der Waals surface area contributed by atoms with E-state index in [2.05, 4.69) is 13.8 Å². The van der Waals surface area contributed by atoms with Gasteiger partial charge in [0.25, 0.3) is 0 Å². The molecule has 0 aromatic heterocycles. The lowest BCUT2D eigenvalue weighted by molar-refractivity contribution is -0.219. The number of hydrogen-bond donors (Lipinski definition) is 1. The van der Waals surface area contributed by atoms with E-state index in [0.29, 0.717) is 11.8 Å². The highest BCUT2D eigenvalue weighted by atomic mass is 16.6. The van der Waals surface area contributed by atoms with E-state index in [0.717, 1.165) is 0 Å². The average Bonchev–Trinajstić information content (AvgIpc) is 1.97. The van der Waals surface area contributed by atoms with Crippen molar-refractivity contribution in [1.82, 2.24) is 0 Å². The Balaban J connectivity index is 2.63. The molecule has 11 heavy (non-hydrogen) atoms. The Morgan fingerprint density at radius 2 is 1.45 bits per heavy atom. The minimum Gasteiger partial charge on any atom is -0.368 e. The van der Waals surface area contributed by atoms with E-state index in [1.165, 1.54) is 0 Å². The van der Waals surface area contributed by atoms with Crippen LogP contribution >= 0.6 is 0 Å². The van der Waals surface area contributed by atoms with Crippen LogP contribution in [0.3, 0.4) is 0 Å². The van der Waals surface area contributed by atoms with Gasteiger partial charge in [-0.25, -0.2) is 0 Å². The molecule has 0 aliphatic carbocycles. The Kier molecular flexibility index (Phi) is 2.55. The van der Waals surface area contributed by atoms with Gasteiger partial charge in [-0.15, -0.1) is 0 Å². The van der Waals surface area contributed by atoms with Crippen molar-refractivity contribution in [3.63, 3.8) is 0 Å². The van der Waals surface area contributed by atoms with Gasteiger partial charge in [0.2, 0.25) is 0 Å². The average molecular weight is 158 g/mol. The van der Waals surface area contributed by atoms with Crippen molar-refractivity contribution in [2.24, 2.45) is 17.8 Å². The fourth-order valence-electron chi connectivity index (χ4n) is 1.63. The maximum absolute atomic E-state index is 9.41. The molecule has 2 nitrogen and oxygen atoms in total. The highest BCUT2D eigenvalue weighted by Gasteiger charge is 2.35. The van der Waals surface area contributed by atoms with Crippen LogP contribution in [0, 0.1) is 17.8 Å². The Labute approximate surface area is 68.6 Å². The minimum absolute atomic E-state index is 0.191. The molecule has 0 aromatic carbocycles. The van der Waals surface area contributed by atoms with Gasteiger partial charge in [-0.1, -0.05) is 20.8 Å². The van der Waals surface area contributed by atoms with Gasteiger partial charge >= 0.3 is 0 Å². The van der Waals surface area contributed by atoms with Gasteiger partial charge in [0, 0.05) is 5.92 Å². The number of hydrogen-bond acceptors (Lipinski definition) is 2. The van der Waals surface area contributed by atoms with Crippen LogP contribution in [0.2, 0.25) is 0 Å². The molecule has 5 atom stereocenters. The maximum atomic E-state index is 9.41. The number of ether oxygens (including phenoxy) is 1. The fourth-order valence-corrected chi connectivity index (χ4v) is 1.63. The lowest BCUT2D eigenvalue weighted by Crippen LogP contribution is -2.43. The number of rotatable bonds is 0. The van der Waals surface area contributed by atoms with Crippen LogP contribution in [-0.2, 0) is 4.74 Å². The first-order valence-electron chi connectivity index (χ1n) is 4.37. The van der Waals surface area contributed by atoms with Crippen LogP contribution in [-0.4, -0.2) is 17.5 Å². The van der Waals surface area contributed by atoms with Crippen molar-refractivity contribution in [1.29, 1.82) is 0 Å². The van der Waals surface area contributed by atoms with Gasteiger partial charge in [0.05, 0.1) is 6.10 Å². The summed E-state index contributed by atoms with van der Waals surface area (Å²) in [7, 11) is 0. The molecule has 1 unspecified atom stereocenters. The van der Waals surface area contributed by atoms with Crippen LogP contribution < -0.4 is 0 Å². The summed E-state index contributed by atoms with van der Waals surface area (Å²) in [4.78, 5) is 0. The van der Waals surface area contributed by atoms with Crippen LogP contribution in [0.1, 0.15) is 27.7 Å². The Morgan fingerprint density at radius 3 is 2.00 bits per heavy atom. The summed E-state index contributed by atoms with van der Waals surface area (Å²) in [6.07, 6.45) is -0.368. The third-order valence-electron chi connectivity index (χ3n) is 3.20. The monoisotopic (exact) mass is 158 g/mol. The molecule has 1 rings (SSSR count). The Bertz CT molecular complexity index is 122. The van der Waals surface area contributed by atoms with Crippen LogP contribution in [0.5, 0.6) is 0 Å². The smallest absolute Gasteiger partial charge is 0.157 e. The fraction of sp³-hybridized carbons (Fsp3) is 1.00. The predicted molar refractivity (Wildman–Crippen MR) is 44.0 cm³/mol. The van der Waals surface area contributed by atoms with Crippen LogP contribution in [0.15, 0.2) is 0 Å². The summed E-state index contributed by atoms with van der Waals surface area (Å²) >= 11 is 0. The third kappa shape index (κ3) is 1.57. The first-order valence-corrected chi connectivity index (χ1v) is 4.37. The van der Waals surface area contributed by atoms with Gasteiger partial charge in [0.1, 0.15) is 0 Å². The van der Waals surface area contributed by atoms with E-state index in [1.54, 1.807) is 0 Å². The molecule has 1 saturated heterocycles. The van der Waals surface area contributed by atoms with E-state index in [-0.39, 0.29) is 12.0 Å². The van der Waals surface area contributed by atoms with Crippen LogP contribution in [0.25, 0.3) is 0 Å². The van der Waals surface area contributed by atoms with E-state index >= 15 is 0 Å². The summed E-state index contributed by atoms with van der Waals surface area (Å²) in [5.74, 6) is 1.36. The van der Waals surface area contributed by atoms with Crippen molar-refractivity contribution in [3.8, 4) is 0 Å². The molecule has 0 spiro atoms. The largest absolute Gasteiger partial charge is 0.368 e. The van der Waals surface area contributed by atoms with Gasteiger partial charge in [-0.3, -0.25) is 0 Å². The van der Waals surface area contributed by atoms with E-state index in [9.17, 15) is 5.11 Å². The molecule has 1 N–H and O–H groups in total. The van der Waals surface area contributed by atoms with Crippen molar-refractivity contribution in [2.75, 3.05) is 0 Å². The highest BCUT2D eigenvalue weighted by Crippen LogP contribution is 2.33. The van der Waals surface area contributed by atoms with Crippen molar-refractivity contribution < 1.29 is 9.84 Å². The van der Waals surface area contributed by atoms with Gasteiger partial charge in [-0.05, 0) is 18.8 Å². The molecular formula is C9H18O2. The summed E-state index contributed by atoms with van der Waals surface area (Å²) in [5, 5.41) is 9.41. The summed E-state index contributed by atoms with van der Waals surface area (Å²) in [6, 6.07) is 0. The summed E-state index contributed by atoms with van der Waals surface area (Å²) in [5.41, 5.74) is 0. The molecule has 0 bridgehead atoms. The molecular weight excluding hydrogens is 140 g/mol. The summed E-state index contributed by atoms with van der Waals surface area (Å²) in [6.45, 7) is 8.42. The first kappa shape index (κ1) is 9.01. The molecule has 1 heterocycles. The number of aliphatic hydroxyl groups excluding tert-OH is 1. The molecule has 1 fully saturated rings. The van der Waals surface area contributed by atoms with Gasteiger partial charge < -0.3 is 9.84 Å². The second-order valence-corrected chi connectivity index (χ2v) is 3.81. The standard InChI is InChI=1S/C9H18O2/c1-5-6(2)8(4)11-9(10)7(5)3/h5-10H,1-4H3/t5-,6-,7+,8+,9?/m0/s1. The van der Waals surface area contributed by atoms with Gasteiger partial charge in [-0.2, -0.15) is 0 Å². The zero-order valence-electron chi connectivity index (χ0n) is 7.74. The highest BCUT2D eigenvalue weighted by molar-refractivity contribution is 4.79. The van der Waals surface area contributed by atoms with Crippen molar-refractivity contribution in [3.05, 3.63) is 0 Å². The third-order valence-corrected chi connectivity index (χ3v) is 3.20. The molecule has 0 amide bonds. The molecule has 2 heteroatoms. The Morgan fingerprint density at radius 1 is 0.909 bits per heavy atom. The first-order chi connectivity index (χ1) is 5.04. The quantitative estimate of drug-likeness (QED) is 0.580. The Hall–Kier alpha value is -0.0800. The van der Waals surface area contributed by atoms with E-state index in [4.69, 9.17) is 4.74 Å². The molecule has 0 saturated carbocycles. The van der Waals surface area contributed by atoms with E-state index in [1.807, 2.05) is 13.8 Å². The zero-order valence-corrected chi connectivity index (χ0v) is 7.74. The number of aliphatic hydroxyl groups is 1. The lowest BCUT2D eigenvalue weighted by atomic mass is 9.79. The predicted octanol–water partition coefficient (Wildman–Crippen LogP) is 1.63. The molecule has 1 aliphatic heterocycles. The zero-order chi connectivity index (χ0) is 8.59. The SMILES string of the molecule is C[C@H]1[C@H](C)[C@@H](C)C(O)O[C@@H]1C. The molecule has 66 valence electrons. The van der Waals surface area contributed by atoms with Crippen molar-refractivity contribution >= 4 is 0 Å². The normalized spacial score (nSPS) is 52.6.